The van der Waals surface area contributed by atoms with Crippen LogP contribution in [0.15, 0.2) is 29.3 Å². The predicted octanol–water partition coefficient (Wildman–Crippen LogP) is 3.66. The monoisotopic (exact) mass is 311 g/mol. The Labute approximate surface area is 136 Å². The summed E-state index contributed by atoms with van der Waals surface area (Å²) in [4.78, 5) is 4.39. The smallest absolute Gasteiger partial charge is 0.203 e. The van der Waals surface area contributed by atoms with Crippen molar-refractivity contribution in [2.45, 2.75) is 13.3 Å². The van der Waals surface area contributed by atoms with Gasteiger partial charge in [0, 0.05) is 18.3 Å². The van der Waals surface area contributed by atoms with E-state index in [0.29, 0.717) is 17.2 Å². The lowest BCUT2D eigenvalue weighted by Gasteiger charge is -2.21. The van der Waals surface area contributed by atoms with E-state index in [4.69, 9.17) is 14.2 Å². The van der Waals surface area contributed by atoms with Crippen molar-refractivity contribution in [3.63, 3.8) is 0 Å². The summed E-state index contributed by atoms with van der Waals surface area (Å²) in [5.74, 6) is 1.98. The van der Waals surface area contributed by atoms with E-state index in [0.717, 1.165) is 18.5 Å². The van der Waals surface area contributed by atoms with Crippen LogP contribution in [-0.2, 0) is 6.42 Å². The highest BCUT2D eigenvalue weighted by Crippen LogP contribution is 2.46. The molecule has 0 aromatic heterocycles. The van der Waals surface area contributed by atoms with Crippen molar-refractivity contribution in [1.29, 1.82) is 0 Å². The van der Waals surface area contributed by atoms with E-state index in [9.17, 15) is 0 Å². The molecule has 1 aliphatic heterocycles. The molecule has 120 valence electrons. The topological polar surface area (TPSA) is 40.0 Å². The zero-order valence-electron chi connectivity index (χ0n) is 14.0. The molecule has 4 heteroatoms. The molecule has 0 aliphatic carbocycles. The molecule has 0 bridgehead atoms. The average molecular weight is 311 g/mol. The molecule has 0 atom stereocenters. The molecule has 2 aromatic rings. The van der Waals surface area contributed by atoms with Crippen LogP contribution in [0.25, 0.3) is 11.1 Å². The van der Waals surface area contributed by atoms with Gasteiger partial charge in [0.25, 0.3) is 0 Å². The van der Waals surface area contributed by atoms with E-state index in [1.165, 1.54) is 22.3 Å². The van der Waals surface area contributed by atoms with Crippen LogP contribution in [0.3, 0.4) is 0 Å². The lowest BCUT2D eigenvalue weighted by atomic mass is 9.88. The van der Waals surface area contributed by atoms with Crippen molar-refractivity contribution in [3.05, 3.63) is 41.0 Å². The molecule has 0 N–H and O–H groups in total. The highest BCUT2D eigenvalue weighted by Gasteiger charge is 2.22. The highest BCUT2D eigenvalue weighted by molar-refractivity contribution is 5.90. The molecular formula is C19H21NO3. The minimum Gasteiger partial charge on any atom is -0.493 e. The van der Waals surface area contributed by atoms with Gasteiger partial charge in [0.2, 0.25) is 5.75 Å². The number of hydrogen-bond donors (Lipinski definition) is 0. The van der Waals surface area contributed by atoms with Crippen LogP contribution in [0.2, 0.25) is 0 Å². The van der Waals surface area contributed by atoms with Gasteiger partial charge >= 0.3 is 0 Å². The SMILES string of the molecule is COc1ccc(-c2c(C)ccc3c2CCN=C3)c(OC)c1OC. The second-order valence-electron chi connectivity index (χ2n) is 5.49. The predicted molar refractivity (Wildman–Crippen MR) is 92.4 cm³/mol. The summed E-state index contributed by atoms with van der Waals surface area (Å²) in [6.07, 6.45) is 2.88. The van der Waals surface area contributed by atoms with Crippen molar-refractivity contribution in [1.82, 2.24) is 0 Å². The summed E-state index contributed by atoms with van der Waals surface area (Å²) in [7, 11) is 4.92. The zero-order chi connectivity index (χ0) is 16.4. The molecule has 1 heterocycles. The van der Waals surface area contributed by atoms with E-state index < -0.39 is 0 Å². The van der Waals surface area contributed by atoms with Gasteiger partial charge in [-0.25, -0.2) is 0 Å². The van der Waals surface area contributed by atoms with Crippen molar-refractivity contribution < 1.29 is 14.2 Å². The first-order chi connectivity index (χ1) is 11.2. The summed E-state index contributed by atoms with van der Waals surface area (Å²) in [6, 6.07) is 8.21. The van der Waals surface area contributed by atoms with E-state index in [2.05, 4.69) is 24.0 Å². The summed E-state index contributed by atoms with van der Waals surface area (Å²) in [6.45, 7) is 2.94. The molecule has 0 radical (unpaired) electrons. The first kappa shape index (κ1) is 15.4. The fourth-order valence-electron chi connectivity index (χ4n) is 3.18. The summed E-state index contributed by atoms with van der Waals surface area (Å²) >= 11 is 0. The molecule has 0 saturated carbocycles. The number of ether oxygens (including phenoxy) is 3. The third-order valence-corrected chi connectivity index (χ3v) is 4.25. The average Bonchev–Trinajstić information content (AvgIpc) is 2.60. The molecule has 3 rings (SSSR count). The first-order valence-electron chi connectivity index (χ1n) is 7.63. The molecule has 0 unspecified atom stereocenters. The second-order valence-corrected chi connectivity index (χ2v) is 5.49. The number of hydrogen-bond acceptors (Lipinski definition) is 4. The Hall–Kier alpha value is -2.49. The number of aliphatic imine (C=N–C) groups is 1. The van der Waals surface area contributed by atoms with Crippen LogP contribution in [0.1, 0.15) is 16.7 Å². The molecule has 2 aromatic carbocycles. The normalized spacial score (nSPS) is 12.7. The van der Waals surface area contributed by atoms with Gasteiger partial charge in [-0.15, -0.1) is 0 Å². The molecule has 4 nitrogen and oxygen atoms in total. The Morgan fingerprint density at radius 1 is 0.913 bits per heavy atom. The Balaban J connectivity index is 2.30. The van der Waals surface area contributed by atoms with Crippen molar-refractivity contribution >= 4 is 6.21 Å². The molecule has 23 heavy (non-hydrogen) atoms. The lowest BCUT2D eigenvalue weighted by molar-refractivity contribution is 0.325. The maximum Gasteiger partial charge on any atom is 0.203 e. The van der Waals surface area contributed by atoms with E-state index in [-0.39, 0.29) is 0 Å². The summed E-state index contributed by atoms with van der Waals surface area (Å²) in [5, 5.41) is 0. The standard InChI is InChI=1S/C19H21NO3/c1-12-5-6-13-11-20-10-9-14(13)17(12)15-7-8-16(21-2)19(23-4)18(15)22-3/h5-8,11H,9-10H2,1-4H3. The van der Waals surface area contributed by atoms with Crippen molar-refractivity contribution in [2.75, 3.05) is 27.9 Å². The van der Waals surface area contributed by atoms with Crippen LogP contribution >= 0.6 is 0 Å². The van der Waals surface area contributed by atoms with Gasteiger partial charge in [0.05, 0.1) is 21.3 Å². The van der Waals surface area contributed by atoms with Gasteiger partial charge in [-0.2, -0.15) is 0 Å². The van der Waals surface area contributed by atoms with Gasteiger partial charge in [0.1, 0.15) is 0 Å². The first-order valence-corrected chi connectivity index (χ1v) is 7.63. The number of fused-ring (bicyclic) bond motifs is 1. The van der Waals surface area contributed by atoms with Gasteiger partial charge in [-0.1, -0.05) is 12.1 Å². The maximum absolute atomic E-state index is 5.67. The van der Waals surface area contributed by atoms with Crippen LogP contribution in [0, 0.1) is 6.92 Å². The third-order valence-electron chi connectivity index (χ3n) is 4.25. The van der Waals surface area contributed by atoms with E-state index >= 15 is 0 Å². The van der Waals surface area contributed by atoms with Gasteiger partial charge in [-0.3, -0.25) is 4.99 Å². The Morgan fingerprint density at radius 2 is 1.70 bits per heavy atom. The van der Waals surface area contributed by atoms with Crippen LogP contribution < -0.4 is 14.2 Å². The number of methoxy groups -OCH3 is 3. The molecule has 0 amide bonds. The van der Waals surface area contributed by atoms with Gasteiger partial charge < -0.3 is 14.2 Å². The summed E-state index contributed by atoms with van der Waals surface area (Å²) in [5.41, 5.74) is 5.92. The zero-order valence-corrected chi connectivity index (χ0v) is 14.0. The van der Waals surface area contributed by atoms with Crippen LogP contribution in [0.4, 0.5) is 0 Å². The molecule has 0 fully saturated rings. The Bertz CT molecular complexity index is 766. The van der Waals surface area contributed by atoms with E-state index in [1.54, 1.807) is 21.3 Å². The fraction of sp³-hybridized carbons (Fsp3) is 0.316. The fourth-order valence-corrected chi connectivity index (χ4v) is 3.18. The number of benzene rings is 2. The van der Waals surface area contributed by atoms with Crippen molar-refractivity contribution in [3.8, 4) is 28.4 Å². The minimum atomic E-state index is 0.619. The molecule has 0 spiro atoms. The van der Waals surface area contributed by atoms with Gasteiger partial charge in [0.15, 0.2) is 11.5 Å². The van der Waals surface area contributed by atoms with Crippen LogP contribution in [0.5, 0.6) is 17.2 Å². The number of rotatable bonds is 4. The Morgan fingerprint density at radius 3 is 2.39 bits per heavy atom. The highest BCUT2D eigenvalue weighted by atomic mass is 16.5. The lowest BCUT2D eigenvalue weighted by Crippen LogP contribution is -2.07. The largest absolute Gasteiger partial charge is 0.493 e. The van der Waals surface area contributed by atoms with E-state index in [1.807, 2.05) is 18.3 Å². The van der Waals surface area contributed by atoms with Crippen LogP contribution in [-0.4, -0.2) is 34.1 Å². The number of aryl methyl sites for hydroxylation is 1. The molecule has 0 saturated heterocycles. The molecule has 1 aliphatic rings. The third kappa shape index (κ3) is 2.54. The molecular weight excluding hydrogens is 290 g/mol. The minimum absolute atomic E-state index is 0.619. The summed E-state index contributed by atoms with van der Waals surface area (Å²) < 4.78 is 16.6. The maximum atomic E-state index is 5.67. The van der Waals surface area contributed by atoms with Crippen molar-refractivity contribution in [2.24, 2.45) is 4.99 Å². The van der Waals surface area contributed by atoms with Gasteiger partial charge in [-0.05, 0) is 47.7 Å². The number of nitrogens with zero attached hydrogens (tertiary/aromatic N) is 1. The Kier molecular flexibility index (Phi) is 4.24. The second kappa shape index (κ2) is 6.32. The quantitative estimate of drug-likeness (QED) is 0.865.